The third-order valence-corrected chi connectivity index (χ3v) is 4.43. The minimum atomic E-state index is -0.572. The Labute approximate surface area is 138 Å². The lowest BCUT2D eigenvalue weighted by Crippen LogP contribution is -2.45. The number of urea groups is 1. The SMILES string of the molecule is CC(NC(=O)N1CCC(C#N)CC1)c1cc(F)c(Cl)cc1Cl. The number of halogens is 3. The summed E-state index contributed by atoms with van der Waals surface area (Å²) in [6, 6.07) is 4.10. The van der Waals surface area contributed by atoms with Crippen LogP contribution in [0.3, 0.4) is 0 Å². The number of hydrogen-bond donors (Lipinski definition) is 1. The zero-order chi connectivity index (χ0) is 16.3. The molecule has 22 heavy (non-hydrogen) atoms. The molecular weight excluding hydrogens is 328 g/mol. The second-order valence-corrected chi connectivity index (χ2v) is 6.16. The van der Waals surface area contributed by atoms with Gasteiger partial charge in [-0.1, -0.05) is 23.2 Å². The van der Waals surface area contributed by atoms with Crippen molar-refractivity contribution in [2.24, 2.45) is 5.92 Å². The summed E-state index contributed by atoms with van der Waals surface area (Å²) < 4.78 is 13.5. The number of amides is 2. The topological polar surface area (TPSA) is 56.1 Å². The number of nitrogens with one attached hydrogen (secondary N) is 1. The Morgan fingerprint density at radius 3 is 2.64 bits per heavy atom. The molecule has 1 saturated heterocycles. The molecular formula is C15H16Cl2FN3O. The summed E-state index contributed by atoms with van der Waals surface area (Å²) >= 11 is 11.7. The number of nitrogens with zero attached hydrogens (tertiary/aromatic N) is 2. The minimum absolute atomic E-state index is 0.0151. The molecule has 1 aliphatic rings. The molecule has 1 atom stereocenters. The normalized spacial score (nSPS) is 17.0. The first-order valence-corrected chi connectivity index (χ1v) is 7.77. The monoisotopic (exact) mass is 343 g/mol. The summed E-state index contributed by atoms with van der Waals surface area (Å²) in [5, 5.41) is 11.9. The molecule has 7 heteroatoms. The smallest absolute Gasteiger partial charge is 0.317 e. The van der Waals surface area contributed by atoms with Crippen molar-refractivity contribution in [3.8, 4) is 6.07 Å². The van der Waals surface area contributed by atoms with Crippen LogP contribution >= 0.6 is 23.2 Å². The Kier molecular flexibility index (Phi) is 5.49. The van der Waals surface area contributed by atoms with Gasteiger partial charge >= 0.3 is 6.03 Å². The van der Waals surface area contributed by atoms with Crippen molar-refractivity contribution in [2.45, 2.75) is 25.8 Å². The lowest BCUT2D eigenvalue weighted by Gasteiger charge is -2.30. The van der Waals surface area contributed by atoms with Crippen LogP contribution < -0.4 is 5.32 Å². The van der Waals surface area contributed by atoms with Gasteiger partial charge in [0, 0.05) is 24.0 Å². The first-order chi connectivity index (χ1) is 10.4. The highest BCUT2D eigenvalue weighted by molar-refractivity contribution is 6.35. The third kappa shape index (κ3) is 3.82. The molecule has 2 rings (SSSR count). The molecule has 1 aliphatic heterocycles. The lowest BCUT2D eigenvalue weighted by atomic mass is 9.99. The van der Waals surface area contributed by atoms with Crippen LogP contribution in [0.5, 0.6) is 0 Å². The predicted octanol–water partition coefficient (Wildman–Crippen LogP) is 4.14. The quantitative estimate of drug-likeness (QED) is 0.820. The summed E-state index contributed by atoms with van der Waals surface area (Å²) in [5.74, 6) is -0.557. The average Bonchev–Trinajstić information content (AvgIpc) is 2.50. The molecule has 0 saturated carbocycles. The summed E-state index contributed by atoms with van der Waals surface area (Å²) in [6.07, 6.45) is 1.35. The van der Waals surface area contributed by atoms with Crippen molar-refractivity contribution < 1.29 is 9.18 Å². The molecule has 1 aromatic rings. The molecule has 0 aromatic heterocycles. The van der Waals surface area contributed by atoms with Crippen molar-refractivity contribution in [2.75, 3.05) is 13.1 Å². The van der Waals surface area contributed by atoms with Gasteiger partial charge in [0.25, 0.3) is 0 Å². The van der Waals surface area contributed by atoms with Crippen LogP contribution in [-0.4, -0.2) is 24.0 Å². The van der Waals surface area contributed by atoms with E-state index in [-0.39, 0.29) is 17.0 Å². The van der Waals surface area contributed by atoms with Gasteiger partial charge in [0.1, 0.15) is 5.82 Å². The van der Waals surface area contributed by atoms with Gasteiger partial charge in [-0.3, -0.25) is 0 Å². The zero-order valence-corrected chi connectivity index (χ0v) is 13.6. The second kappa shape index (κ2) is 7.17. The van der Waals surface area contributed by atoms with E-state index in [1.54, 1.807) is 11.8 Å². The van der Waals surface area contributed by atoms with Gasteiger partial charge in [0.15, 0.2) is 0 Å². The van der Waals surface area contributed by atoms with Crippen LogP contribution in [-0.2, 0) is 0 Å². The van der Waals surface area contributed by atoms with Crippen LogP contribution in [0, 0.1) is 23.1 Å². The van der Waals surface area contributed by atoms with Gasteiger partial charge in [-0.2, -0.15) is 5.26 Å². The molecule has 2 amide bonds. The van der Waals surface area contributed by atoms with Crippen molar-refractivity contribution in [3.05, 3.63) is 33.6 Å². The fraction of sp³-hybridized carbons (Fsp3) is 0.467. The number of hydrogen-bond acceptors (Lipinski definition) is 2. The number of piperidine rings is 1. The molecule has 0 aliphatic carbocycles. The molecule has 1 aromatic carbocycles. The Morgan fingerprint density at radius 1 is 1.41 bits per heavy atom. The Morgan fingerprint density at radius 2 is 2.05 bits per heavy atom. The summed E-state index contributed by atoms with van der Waals surface area (Å²) in [5.41, 5.74) is 0.476. The van der Waals surface area contributed by atoms with Crippen LogP contribution in [0.1, 0.15) is 31.4 Å². The highest BCUT2D eigenvalue weighted by atomic mass is 35.5. The molecule has 1 N–H and O–H groups in total. The molecule has 0 radical (unpaired) electrons. The zero-order valence-electron chi connectivity index (χ0n) is 12.1. The Balaban J connectivity index is 2.00. The molecule has 118 valence electrons. The van der Waals surface area contributed by atoms with E-state index in [0.717, 1.165) is 0 Å². The van der Waals surface area contributed by atoms with Crippen molar-refractivity contribution in [1.29, 1.82) is 5.26 Å². The fourth-order valence-electron chi connectivity index (χ4n) is 2.44. The highest BCUT2D eigenvalue weighted by Gasteiger charge is 2.24. The van der Waals surface area contributed by atoms with E-state index >= 15 is 0 Å². The van der Waals surface area contributed by atoms with E-state index in [4.69, 9.17) is 28.5 Å². The van der Waals surface area contributed by atoms with Crippen molar-refractivity contribution in [3.63, 3.8) is 0 Å². The number of nitriles is 1. The van der Waals surface area contributed by atoms with E-state index in [1.165, 1.54) is 12.1 Å². The van der Waals surface area contributed by atoms with E-state index in [9.17, 15) is 9.18 Å². The predicted molar refractivity (Wildman–Crippen MR) is 83.3 cm³/mol. The molecule has 0 spiro atoms. The summed E-state index contributed by atoms with van der Waals surface area (Å²) in [4.78, 5) is 13.9. The van der Waals surface area contributed by atoms with E-state index in [1.807, 2.05) is 0 Å². The third-order valence-electron chi connectivity index (χ3n) is 3.81. The van der Waals surface area contributed by atoms with Crippen molar-refractivity contribution >= 4 is 29.2 Å². The Bertz CT molecular complexity index is 610. The largest absolute Gasteiger partial charge is 0.331 e. The molecule has 1 unspecified atom stereocenters. The van der Waals surface area contributed by atoms with Crippen LogP contribution in [0.25, 0.3) is 0 Å². The summed E-state index contributed by atoms with van der Waals surface area (Å²) in [6.45, 7) is 2.81. The molecule has 1 heterocycles. The highest BCUT2D eigenvalue weighted by Crippen LogP contribution is 2.28. The van der Waals surface area contributed by atoms with E-state index in [2.05, 4.69) is 11.4 Å². The van der Waals surface area contributed by atoms with Crippen LogP contribution in [0.4, 0.5) is 9.18 Å². The van der Waals surface area contributed by atoms with E-state index < -0.39 is 11.9 Å². The average molecular weight is 344 g/mol. The maximum absolute atomic E-state index is 13.5. The molecule has 1 fully saturated rings. The first-order valence-electron chi connectivity index (χ1n) is 7.02. The number of likely N-dealkylation sites (tertiary alicyclic amines) is 1. The minimum Gasteiger partial charge on any atom is -0.331 e. The van der Waals surface area contributed by atoms with Gasteiger partial charge in [0.05, 0.1) is 17.1 Å². The standard InChI is InChI=1S/C15H16Cl2FN3O/c1-9(11-6-14(18)13(17)7-12(11)16)20-15(22)21-4-2-10(8-19)3-5-21/h6-7,9-10H,2-5H2,1H3,(H,20,22). The summed E-state index contributed by atoms with van der Waals surface area (Å²) in [7, 11) is 0. The van der Waals surface area contributed by atoms with Gasteiger partial charge in [0.2, 0.25) is 0 Å². The van der Waals surface area contributed by atoms with Gasteiger partial charge in [-0.05, 0) is 37.5 Å². The van der Waals surface area contributed by atoms with Crippen molar-refractivity contribution in [1.82, 2.24) is 10.2 Å². The number of rotatable bonds is 2. The molecule has 4 nitrogen and oxygen atoms in total. The lowest BCUT2D eigenvalue weighted by molar-refractivity contribution is 0.176. The second-order valence-electron chi connectivity index (χ2n) is 5.35. The first kappa shape index (κ1) is 16.9. The van der Waals surface area contributed by atoms with E-state index in [0.29, 0.717) is 36.5 Å². The maximum Gasteiger partial charge on any atom is 0.317 e. The van der Waals surface area contributed by atoms with Crippen LogP contribution in [0.2, 0.25) is 10.0 Å². The Hall–Kier alpha value is -1.51. The maximum atomic E-state index is 13.5. The number of carbonyl (C=O) groups excluding carboxylic acids is 1. The van der Waals surface area contributed by atoms with Gasteiger partial charge in [-0.15, -0.1) is 0 Å². The van der Waals surface area contributed by atoms with Crippen LogP contribution in [0.15, 0.2) is 12.1 Å². The number of benzene rings is 1. The van der Waals surface area contributed by atoms with Gasteiger partial charge in [-0.25, -0.2) is 9.18 Å². The fourth-order valence-corrected chi connectivity index (χ4v) is 2.98. The number of carbonyl (C=O) groups is 1. The van der Waals surface area contributed by atoms with Gasteiger partial charge < -0.3 is 10.2 Å². The molecule has 0 bridgehead atoms.